The highest BCUT2D eigenvalue weighted by Gasteiger charge is 2.12. The van der Waals surface area contributed by atoms with E-state index in [9.17, 15) is 5.11 Å². The van der Waals surface area contributed by atoms with Crippen molar-refractivity contribution >= 4 is 0 Å². The zero-order chi connectivity index (χ0) is 12.4. The van der Waals surface area contributed by atoms with Gasteiger partial charge in [0.2, 0.25) is 0 Å². The first-order chi connectivity index (χ1) is 7.60. The molecule has 0 radical (unpaired) electrons. The minimum atomic E-state index is -0.296. The van der Waals surface area contributed by atoms with Crippen LogP contribution >= 0.6 is 0 Å². The van der Waals surface area contributed by atoms with Crippen molar-refractivity contribution in [2.45, 2.75) is 26.9 Å². The van der Waals surface area contributed by atoms with Crippen molar-refractivity contribution in [1.82, 2.24) is 10.2 Å². The summed E-state index contributed by atoms with van der Waals surface area (Å²) >= 11 is 0. The standard InChI is InChI=1S/C12H28N2O2/c1-5-13-8-12(15)10-14(6-7-16-4)9-11(2)3/h11-13,15H,5-10H2,1-4H3. The lowest BCUT2D eigenvalue weighted by molar-refractivity contribution is 0.0824. The van der Waals surface area contributed by atoms with E-state index in [1.807, 2.05) is 6.92 Å². The summed E-state index contributed by atoms with van der Waals surface area (Å²) < 4.78 is 5.08. The number of likely N-dealkylation sites (N-methyl/N-ethyl adjacent to an activating group) is 1. The number of methoxy groups -OCH3 is 1. The van der Waals surface area contributed by atoms with Crippen LogP contribution < -0.4 is 5.32 Å². The number of aliphatic hydroxyl groups excluding tert-OH is 1. The highest BCUT2D eigenvalue weighted by Crippen LogP contribution is 2.00. The quantitative estimate of drug-likeness (QED) is 0.578. The summed E-state index contributed by atoms with van der Waals surface area (Å²) in [5.41, 5.74) is 0. The van der Waals surface area contributed by atoms with Crippen LogP contribution in [0.1, 0.15) is 20.8 Å². The predicted molar refractivity (Wildman–Crippen MR) is 67.7 cm³/mol. The highest BCUT2D eigenvalue weighted by atomic mass is 16.5. The van der Waals surface area contributed by atoms with Crippen molar-refractivity contribution in [1.29, 1.82) is 0 Å². The third kappa shape index (κ3) is 9.09. The normalized spacial score (nSPS) is 13.7. The van der Waals surface area contributed by atoms with Crippen LogP contribution in [0, 0.1) is 5.92 Å². The molecule has 0 saturated carbocycles. The van der Waals surface area contributed by atoms with Gasteiger partial charge in [-0.3, -0.25) is 4.90 Å². The van der Waals surface area contributed by atoms with Crippen LogP contribution in [0.3, 0.4) is 0 Å². The van der Waals surface area contributed by atoms with Crippen molar-refractivity contribution in [2.24, 2.45) is 5.92 Å². The molecule has 0 aromatic rings. The average molecular weight is 232 g/mol. The summed E-state index contributed by atoms with van der Waals surface area (Å²) in [7, 11) is 1.71. The van der Waals surface area contributed by atoms with Gasteiger partial charge in [-0.2, -0.15) is 0 Å². The van der Waals surface area contributed by atoms with Gasteiger partial charge in [-0.1, -0.05) is 20.8 Å². The SMILES string of the molecule is CCNCC(O)CN(CCOC)CC(C)C. The number of hydrogen-bond donors (Lipinski definition) is 2. The van der Waals surface area contributed by atoms with Gasteiger partial charge < -0.3 is 15.2 Å². The molecule has 1 unspecified atom stereocenters. The van der Waals surface area contributed by atoms with Crippen LogP contribution in [0.25, 0.3) is 0 Å². The molecule has 0 saturated heterocycles. The number of hydrogen-bond acceptors (Lipinski definition) is 4. The first kappa shape index (κ1) is 15.8. The van der Waals surface area contributed by atoms with E-state index >= 15 is 0 Å². The molecule has 0 amide bonds. The second-order valence-corrected chi connectivity index (χ2v) is 4.61. The van der Waals surface area contributed by atoms with Crippen LogP contribution in [0.5, 0.6) is 0 Å². The van der Waals surface area contributed by atoms with Crippen molar-refractivity contribution in [3.05, 3.63) is 0 Å². The van der Waals surface area contributed by atoms with Crippen LogP contribution in [0.2, 0.25) is 0 Å². The fourth-order valence-corrected chi connectivity index (χ4v) is 1.67. The molecule has 0 aromatic heterocycles. The van der Waals surface area contributed by atoms with Gasteiger partial charge in [-0.15, -0.1) is 0 Å². The number of aliphatic hydroxyl groups is 1. The van der Waals surface area contributed by atoms with Crippen molar-refractivity contribution in [3.8, 4) is 0 Å². The maximum Gasteiger partial charge on any atom is 0.0791 e. The van der Waals surface area contributed by atoms with Crippen molar-refractivity contribution in [2.75, 3.05) is 46.4 Å². The monoisotopic (exact) mass is 232 g/mol. The molecule has 1 atom stereocenters. The lowest BCUT2D eigenvalue weighted by atomic mass is 10.2. The van der Waals surface area contributed by atoms with Gasteiger partial charge in [-0.05, 0) is 12.5 Å². The van der Waals surface area contributed by atoms with Crippen LogP contribution in [0.15, 0.2) is 0 Å². The van der Waals surface area contributed by atoms with E-state index < -0.39 is 0 Å². The number of ether oxygens (including phenoxy) is 1. The molecule has 98 valence electrons. The Morgan fingerprint density at radius 1 is 1.31 bits per heavy atom. The van der Waals surface area contributed by atoms with Crippen LogP contribution in [0.4, 0.5) is 0 Å². The molecule has 0 rings (SSSR count). The molecule has 0 aliphatic rings. The largest absolute Gasteiger partial charge is 0.390 e. The molecule has 4 nitrogen and oxygen atoms in total. The molecule has 0 aliphatic carbocycles. The third-order valence-electron chi connectivity index (χ3n) is 2.33. The summed E-state index contributed by atoms with van der Waals surface area (Å²) in [4.78, 5) is 2.26. The van der Waals surface area contributed by atoms with E-state index in [1.165, 1.54) is 0 Å². The molecular weight excluding hydrogens is 204 g/mol. The smallest absolute Gasteiger partial charge is 0.0791 e. The Hall–Kier alpha value is -0.160. The van der Waals surface area contributed by atoms with Gasteiger partial charge in [-0.25, -0.2) is 0 Å². The molecule has 0 aliphatic heterocycles. The van der Waals surface area contributed by atoms with Gasteiger partial charge in [0, 0.05) is 33.3 Å². The van der Waals surface area contributed by atoms with E-state index in [2.05, 4.69) is 24.1 Å². The maximum absolute atomic E-state index is 9.82. The Morgan fingerprint density at radius 3 is 2.50 bits per heavy atom. The van der Waals surface area contributed by atoms with Gasteiger partial charge in [0.25, 0.3) is 0 Å². The summed E-state index contributed by atoms with van der Waals surface area (Å²) in [6.07, 6.45) is -0.296. The molecule has 0 fully saturated rings. The fourth-order valence-electron chi connectivity index (χ4n) is 1.67. The van der Waals surface area contributed by atoms with Crippen molar-refractivity contribution in [3.63, 3.8) is 0 Å². The molecule has 16 heavy (non-hydrogen) atoms. The first-order valence-electron chi connectivity index (χ1n) is 6.20. The molecule has 2 N–H and O–H groups in total. The molecule has 0 aromatic carbocycles. The minimum absolute atomic E-state index is 0.296. The van der Waals surface area contributed by atoms with E-state index in [0.717, 1.165) is 26.2 Å². The van der Waals surface area contributed by atoms with Gasteiger partial charge >= 0.3 is 0 Å². The second-order valence-electron chi connectivity index (χ2n) is 4.61. The molecule has 0 heterocycles. The summed E-state index contributed by atoms with van der Waals surface area (Å²) in [6, 6.07) is 0. The Balaban J connectivity index is 3.87. The van der Waals surface area contributed by atoms with Crippen LogP contribution in [-0.2, 0) is 4.74 Å². The molecule has 0 spiro atoms. The lowest BCUT2D eigenvalue weighted by Crippen LogP contribution is -2.41. The Labute approximate surface area is 100.0 Å². The minimum Gasteiger partial charge on any atom is -0.390 e. The van der Waals surface area contributed by atoms with Gasteiger partial charge in [0.15, 0.2) is 0 Å². The first-order valence-corrected chi connectivity index (χ1v) is 6.20. The Kier molecular flexibility index (Phi) is 9.92. The zero-order valence-corrected chi connectivity index (χ0v) is 11.2. The predicted octanol–water partition coefficient (Wildman–Crippen LogP) is 0.561. The molecular formula is C12H28N2O2. The fraction of sp³-hybridized carbons (Fsp3) is 1.00. The molecule has 0 bridgehead atoms. The van der Waals surface area contributed by atoms with E-state index in [4.69, 9.17) is 4.74 Å². The van der Waals surface area contributed by atoms with Crippen LogP contribution in [-0.4, -0.2) is 62.6 Å². The average Bonchev–Trinajstić information content (AvgIpc) is 2.22. The number of nitrogens with zero attached hydrogens (tertiary/aromatic N) is 1. The number of nitrogens with one attached hydrogen (secondary N) is 1. The lowest BCUT2D eigenvalue weighted by Gasteiger charge is -2.26. The van der Waals surface area contributed by atoms with Gasteiger partial charge in [0.1, 0.15) is 0 Å². The van der Waals surface area contributed by atoms with Gasteiger partial charge in [0.05, 0.1) is 12.7 Å². The maximum atomic E-state index is 9.82. The van der Waals surface area contributed by atoms with E-state index in [-0.39, 0.29) is 6.10 Å². The Bertz CT molecular complexity index is 154. The third-order valence-corrected chi connectivity index (χ3v) is 2.33. The summed E-state index contributed by atoms with van der Waals surface area (Å²) in [6.45, 7) is 11.3. The highest BCUT2D eigenvalue weighted by molar-refractivity contribution is 4.67. The Morgan fingerprint density at radius 2 is 2.00 bits per heavy atom. The van der Waals surface area contributed by atoms with E-state index in [1.54, 1.807) is 7.11 Å². The zero-order valence-electron chi connectivity index (χ0n) is 11.2. The second kappa shape index (κ2) is 10.0. The summed E-state index contributed by atoms with van der Waals surface area (Å²) in [5, 5.41) is 13.0. The topological polar surface area (TPSA) is 44.7 Å². The van der Waals surface area contributed by atoms with E-state index in [0.29, 0.717) is 19.0 Å². The summed E-state index contributed by atoms with van der Waals surface area (Å²) in [5.74, 6) is 0.614. The van der Waals surface area contributed by atoms with Crippen molar-refractivity contribution < 1.29 is 9.84 Å². The molecule has 4 heteroatoms. The number of rotatable bonds is 10.